The van der Waals surface area contributed by atoms with Gasteiger partial charge in [-0.25, -0.2) is 0 Å². The summed E-state index contributed by atoms with van der Waals surface area (Å²) in [6, 6.07) is 9.68. The lowest BCUT2D eigenvalue weighted by Crippen LogP contribution is -2.34. The predicted octanol–water partition coefficient (Wildman–Crippen LogP) is 4.04. The molecule has 116 valence electrons. The highest BCUT2D eigenvalue weighted by molar-refractivity contribution is 5.36. The van der Waals surface area contributed by atoms with Gasteiger partial charge in [-0.1, -0.05) is 31.2 Å². The number of aryl methyl sites for hydroxylation is 1. The first-order valence-corrected chi connectivity index (χ1v) is 8.81. The van der Waals surface area contributed by atoms with Gasteiger partial charge in [-0.15, -0.1) is 0 Å². The Morgan fingerprint density at radius 1 is 1.29 bits per heavy atom. The summed E-state index contributed by atoms with van der Waals surface area (Å²) >= 11 is 0. The van der Waals surface area contributed by atoms with Gasteiger partial charge in [0.05, 0.1) is 6.10 Å². The van der Waals surface area contributed by atoms with E-state index in [1.54, 1.807) is 11.1 Å². The van der Waals surface area contributed by atoms with Crippen LogP contribution in [0.2, 0.25) is 0 Å². The summed E-state index contributed by atoms with van der Waals surface area (Å²) < 4.78 is 5.76. The fourth-order valence-corrected chi connectivity index (χ4v) is 4.15. The van der Waals surface area contributed by atoms with Gasteiger partial charge in [-0.2, -0.15) is 0 Å². The number of rotatable bonds is 7. The fourth-order valence-electron chi connectivity index (χ4n) is 4.15. The van der Waals surface area contributed by atoms with Crippen molar-refractivity contribution in [3.05, 3.63) is 35.4 Å². The minimum atomic E-state index is 0.545. The lowest BCUT2D eigenvalue weighted by molar-refractivity contribution is 0.101. The predicted molar refractivity (Wildman–Crippen MR) is 87.8 cm³/mol. The van der Waals surface area contributed by atoms with Gasteiger partial charge in [0.1, 0.15) is 0 Å². The van der Waals surface area contributed by atoms with E-state index in [1.165, 1.54) is 44.9 Å². The molecule has 1 saturated heterocycles. The van der Waals surface area contributed by atoms with Crippen molar-refractivity contribution in [3.8, 4) is 0 Å². The zero-order valence-electron chi connectivity index (χ0n) is 13.3. The van der Waals surface area contributed by atoms with Gasteiger partial charge in [0.25, 0.3) is 0 Å². The number of likely N-dealkylation sites (N-methyl/N-ethyl adjacent to an activating group) is 1. The molecule has 0 aromatic heterocycles. The molecular weight excluding hydrogens is 258 g/mol. The summed E-state index contributed by atoms with van der Waals surface area (Å²) in [7, 11) is 0. The van der Waals surface area contributed by atoms with Crippen LogP contribution in [0.1, 0.15) is 62.5 Å². The average molecular weight is 287 g/mol. The molecule has 1 aromatic carbocycles. The molecule has 0 amide bonds. The third-order valence-electron chi connectivity index (χ3n) is 5.20. The monoisotopic (exact) mass is 287 g/mol. The van der Waals surface area contributed by atoms with E-state index >= 15 is 0 Å². The quantitative estimate of drug-likeness (QED) is 0.817. The standard InChI is InChI=1S/C19H29NO/c1-2-20-19(11-5-8-16-9-6-14-21-16)18-13-12-15-7-3-4-10-17(15)18/h3-4,7,10,16,18-20H,2,5-6,8-9,11-14H2,1H3. The molecule has 1 aliphatic heterocycles. The van der Waals surface area contributed by atoms with Crippen LogP contribution in [0, 0.1) is 0 Å². The molecule has 21 heavy (non-hydrogen) atoms. The van der Waals surface area contributed by atoms with Crippen LogP contribution in [0.4, 0.5) is 0 Å². The lowest BCUT2D eigenvalue weighted by Gasteiger charge is -2.26. The zero-order valence-corrected chi connectivity index (χ0v) is 13.3. The van der Waals surface area contributed by atoms with E-state index in [-0.39, 0.29) is 0 Å². The lowest BCUT2D eigenvalue weighted by atomic mass is 9.89. The Kier molecular flexibility index (Phi) is 5.32. The average Bonchev–Trinajstić information content (AvgIpc) is 3.16. The van der Waals surface area contributed by atoms with Crippen molar-refractivity contribution in [2.45, 2.75) is 69.9 Å². The van der Waals surface area contributed by atoms with Gasteiger partial charge in [0, 0.05) is 12.6 Å². The first kappa shape index (κ1) is 15.1. The molecule has 0 spiro atoms. The number of ether oxygens (including phenoxy) is 1. The maximum absolute atomic E-state index is 5.76. The van der Waals surface area contributed by atoms with Gasteiger partial charge in [0.2, 0.25) is 0 Å². The topological polar surface area (TPSA) is 21.3 Å². The van der Waals surface area contributed by atoms with Gasteiger partial charge in [-0.3, -0.25) is 0 Å². The number of hydrogen-bond donors (Lipinski definition) is 1. The highest BCUT2D eigenvalue weighted by Gasteiger charge is 2.29. The van der Waals surface area contributed by atoms with Crippen molar-refractivity contribution in [1.29, 1.82) is 0 Å². The van der Waals surface area contributed by atoms with Crippen LogP contribution >= 0.6 is 0 Å². The van der Waals surface area contributed by atoms with Gasteiger partial charge in [-0.05, 0) is 68.5 Å². The molecule has 3 rings (SSSR count). The fraction of sp³-hybridized carbons (Fsp3) is 0.684. The Balaban J connectivity index is 1.56. The van der Waals surface area contributed by atoms with Crippen LogP contribution in [0.25, 0.3) is 0 Å². The maximum Gasteiger partial charge on any atom is 0.0576 e. The molecule has 0 saturated carbocycles. The second-order valence-electron chi connectivity index (χ2n) is 6.57. The van der Waals surface area contributed by atoms with E-state index < -0.39 is 0 Å². The van der Waals surface area contributed by atoms with Gasteiger partial charge in [0.15, 0.2) is 0 Å². The van der Waals surface area contributed by atoms with Crippen molar-refractivity contribution in [2.24, 2.45) is 0 Å². The largest absolute Gasteiger partial charge is 0.378 e. The van der Waals surface area contributed by atoms with E-state index in [4.69, 9.17) is 4.74 Å². The molecule has 1 N–H and O–H groups in total. The van der Waals surface area contributed by atoms with Crippen LogP contribution in [0.15, 0.2) is 24.3 Å². The van der Waals surface area contributed by atoms with Crippen LogP contribution in [0.3, 0.4) is 0 Å². The normalized spacial score (nSPS) is 26.0. The van der Waals surface area contributed by atoms with Gasteiger partial charge >= 0.3 is 0 Å². The van der Waals surface area contributed by atoms with E-state index in [2.05, 4.69) is 36.5 Å². The molecule has 3 atom stereocenters. The van der Waals surface area contributed by atoms with Crippen molar-refractivity contribution >= 4 is 0 Å². The molecule has 2 aliphatic rings. The number of benzene rings is 1. The van der Waals surface area contributed by atoms with Gasteiger partial charge < -0.3 is 10.1 Å². The number of hydrogen-bond acceptors (Lipinski definition) is 2. The summed E-state index contributed by atoms with van der Waals surface area (Å²) in [4.78, 5) is 0. The van der Waals surface area contributed by atoms with Crippen LogP contribution in [-0.2, 0) is 11.2 Å². The molecule has 1 aromatic rings. The molecule has 2 nitrogen and oxygen atoms in total. The van der Waals surface area contributed by atoms with Crippen molar-refractivity contribution in [2.75, 3.05) is 13.2 Å². The first-order chi connectivity index (χ1) is 10.4. The van der Waals surface area contributed by atoms with E-state index in [0.29, 0.717) is 18.1 Å². The summed E-state index contributed by atoms with van der Waals surface area (Å²) in [5.74, 6) is 0.714. The second kappa shape index (κ2) is 7.42. The van der Waals surface area contributed by atoms with Crippen LogP contribution < -0.4 is 5.32 Å². The second-order valence-corrected chi connectivity index (χ2v) is 6.57. The number of nitrogens with one attached hydrogen (secondary N) is 1. The Labute approximate surface area is 129 Å². The van der Waals surface area contributed by atoms with E-state index in [1.807, 2.05) is 0 Å². The molecule has 0 bridgehead atoms. The maximum atomic E-state index is 5.76. The third kappa shape index (κ3) is 3.67. The van der Waals surface area contributed by atoms with Crippen LogP contribution in [-0.4, -0.2) is 25.3 Å². The summed E-state index contributed by atoms with van der Waals surface area (Å²) in [6.07, 6.45) is 9.48. The Hall–Kier alpha value is -0.860. The minimum Gasteiger partial charge on any atom is -0.378 e. The SMILES string of the molecule is CCNC(CCCC1CCCO1)C1CCc2ccccc21. The van der Waals surface area contributed by atoms with E-state index in [0.717, 1.165) is 13.2 Å². The summed E-state index contributed by atoms with van der Waals surface area (Å²) in [5, 5.41) is 3.75. The molecule has 3 unspecified atom stereocenters. The smallest absolute Gasteiger partial charge is 0.0576 e. The molecule has 1 heterocycles. The Morgan fingerprint density at radius 2 is 2.19 bits per heavy atom. The van der Waals surface area contributed by atoms with Crippen molar-refractivity contribution < 1.29 is 4.74 Å². The van der Waals surface area contributed by atoms with Crippen molar-refractivity contribution in [3.63, 3.8) is 0 Å². The molecule has 2 heteroatoms. The molecule has 0 radical (unpaired) electrons. The summed E-state index contributed by atoms with van der Waals surface area (Å²) in [6.45, 7) is 4.29. The highest BCUT2D eigenvalue weighted by atomic mass is 16.5. The molecule has 1 fully saturated rings. The van der Waals surface area contributed by atoms with E-state index in [9.17, 15) is 0 Å². The first-order valence-electron chi connectivity index (χ1n) is 8.81. The number of fused-ring (bicyclic) bond motifs is 1. The molecular formula is C19H29NO. The Morgan fingerprint density at radius 3 is 3.00 bits per heavy atom. The molecule has 1 aliphatic carbocycles. The van der Waals surface area contributed by atoms with Crippen LogP contribution in [0.5, 0.6) is 0 Å². The summed E-state index contributed by atoms with van der Waals surface area (Å²) in [5.41, 5.74) is 3.17. The minimum absolute atomic E-state index is 0.545. The zero-order chi connectivity index (χ0) is 14.5. The Bertz CT molecular complexity index is 439. The highest BCUT2D eigenvalue weighted by Crippen LogP contribution is 2.37. The third-order valence-corrected chi connectivity index (χ3v) is 5.20. The van der Waals surface area contributed by atoms with Crippen molar-refractivity contribution in [1.82, 2.24) is 5.32 Å².